The lowest BCUT2D eigenvalue weighted by Gasteiger charge is -2.10. The number of carboxylic acids is 1. The summed E-state index contributed by atoms with van der Waals surface area (Å²) in [7, 11) is 0. The number of anilines is 1. The molecule has 0 radical (unpaired) electrons. The minimum atomic E-state index is -1.10. The highest BCUT2D eigenvalue weighted by Gasteiger charge is 2.15. The second-order valence-electron chi connectivity index (χ2n) is 4.72. The molecule has 0 spiro atoms. The lowest BCUT2D eigenvalue weighted by molar-refractivity contribution is 0.0698. The topological polar surface area (TPSA) is 79.3 Å². The molecule has 0 saturated heterocycles. The van der Waals surface area contributed by atoms with Crippen molar-refractivity contribution in [3.63, 3.8) is 0 Å². The number of hydrogen-bond acceptors (Lipinski definition) is 3. The number of rotatable bonds is 3. The van der Waals surface area contributed by atoms with Gasteiger partial charge in [-0.25, -0.2) is 4.79 Å². The Balaban J connectivity index is 2.03. The third-order valence-corrected chi connectivity index (χ3v) is 3.26. The lowest BCUT2D eigenvalue weighted by Crippen LogP contribution is -2.16. The van der Waals surface area contributed by atoms with E-state index >= 15 is 0 Å². The van der Waals surface area contributed by atoms with Crippen molar-refractivity contribution in [1.82, 2.24) is 4.98 Å². The number of aromatic nitrogens is 1. The van der Waals surface area contributed by atoms with Gasteiger partial charge in [0.25, 0.3) is 5.91 Å². The van der Waals surface area contributed by atoms with Gasteiger partial charge in [-0.3, -0.25) is 9.78 Å². The van der Waals surface area contributed by atoms with Crippen molar-refractivity contribution in [2.45, 2.75) is 0 Å². The van der Waals surface area contributed by atoms with Crippen molar-refractivity contribution in [3.05, 3.63) is 72.1 Å². The molecule has 0 bridgehead atoms. The highest BCUT2D eigenvalue weighted by Crippen LogP contribution is 2.24. The molecule has 0 aliphatic rings. The van der Waals surface area contributed by atoms with E-state index in [4.69, 9.17) is 0 Å². The fourth-order valence-electron chi connectivity index (χ4n) is 2.20. The van der Waals surface area contributed by atoms with E-state index in [0.29, 0.717) is 0 Å². The summed E-state index contributed by atoms with van der Waals surface area (Å²) >= 11 is 0. The second kappa shape index (κ2) is 5.65. The summed E-state index contributed by atoms with van der Waals surface area (Å²) in [4.78, 5) is 27.5. The number of nitrogens with one attached hydrogen (secondary N) is 1. The molecule has 0 fully saturated rings. The first-order valence-electron chi connectivity index (χ1n) is 6.63. The van der Waals surface area contributed by atoms with Crippen molar-refractivity contribution in [2.24, 2.45) is 0 Å². The van der Waals surface area contributed by atoms with Gasteiger partial charge in [0.1, 0.15) is 5.69 Å². The number of carbonyl (C=O) groups is 2. The fraction of sp³-hybridized carbons (Fsp3) is 0. The van der Waals surface area contributed by atoms with E-state index in [1.54, 1.807) is 30.3 Å². The summed E-state index contributed by atoms with van der Waals surface area (Å²) < 4.78 is 0. The predicted octanol–water partition coefficient (Wildman–Crippen LogP) is 3.19. The summed E-state index contributed by atoms with van der Waals surface area (Å²) in [6.45, 7) is 0. The van der Waals surface area contributed by atoms with Gasteiger partial charge in [0, 0.05) is 6.20 Å². The van der Waals surface area contributed by atoms with Gasteiger partial charge in [-0.2, -0.15) is 0 Å². The third kappa shape index (κ3) is 2.64. The minimum absolute atomic E-state index is 0.0444. The lowest BCUT2D eigenvalue weighted by atomic mass is 10.0. The number of carbonyl (C=O) groups excluding carboxylic acids is 1. The van der Waals surface area contributed by atoms with Crippen LogP contribution in [0.1, 0.15) is 20.8 Å². The van der Waals surface area contributed by atoms with Crippen LogP contribution < -0.4 is 5.32 Å². The van der Waals surface area contributed by atoms with Crippen molar-refractivity contribution in [2.75, 3.05) is 5.32 Å². The first-order chi connectivity index (χ1) is 10.6. The Hall–Kier alpha value is -3.21. The molecule has 22 heavy (non-hydrogen) atoms. The molecular formula is C17H12N2O3. The van der Waals surface area contributed by atoms with Crippen LogP contribution in [-0.2, 0) is 0 Å². The normalized spacial score (nSPS) is 10.4. The second-order valence-corrected chi connectivity index (χ2v) is 4.72. The number of pyridine rings is 1. The van der Waals surface area contributed by atoms with E-state index in [2.05, 4.69) is 10.3 Å². The van der Waals surface area contributed by atoms with Crippen LogP contribution >= 0.6 is 0 Å². The summed E-state index contributed by atoms with van der Waals surface area (Å²) in [6, 6.07) is 15.5. The molecule has 2 aromatic carbocycles. The fourth-order valence-corrected chi connectivity index (χ4v) is 2.20. The number of nitrogens with zero attached hydrogens (tertiary/aromatic N) is 1. The molecule has 1 heterocycles. The highest BCUT2D eigenvalue weighted by molar-refractivity contribution is 6.09. The van der Waals surface area contributed by atoms with Crippen LogP contribution in [0, 0.1) is 0 Å². The monoisotopic (exact) mass is 292 g/mol. The maximum absolute atomic E-state index is 12.2. The molecule has 5 heteroatoms. The van der Waals surface area contributed by atoms with Crippen LogP contribution in [0.4, 0.5) is 5.69 Å². The summed E-state index contributed by atoms with van der Waals surface area (Å²) in [6.07, 6.45) is 1.51. The average Bonchev–Trinajstić information content (AvgIpc) is 2.54. The molecular weight excluding hydrogens is 280 g/mol. The molecule has 0 unspecified atom stereocenters. The summed E-state index contributed by atoms with van der Waals surface area (Å²) in [5, 5.41) is 13.6. The van der Waals surface area contributed by atoms with Gasteiger partial charge in [-0.15, -0.1) is 0 Å². The largest absolute Gasteiger partial charge is 0.478 e. The molecule has 3 aromatic rings. The average molecular weight is 292 g/mol. The third-order valence-electron chi connectivity index (χ3n) is 3.26. The van der Waals surface area contributed by atoms with Gasteiger partial charge < -0.3 is 10.4 Å². The van der Waals surface area contributed by atoms with Crippen molar-refractivity contribution in [3.8, 4) is 0 Å². The van der Waals surface area contributed by atoms with Crippen LogP contribution in [0.15, 0.2) is 60.8 Å². The number of amides is 1. The van der Waals surface area contributed by atoms with Gasteiger partial charge in [-0.05, 0) is 35.0 Å². The smallest absolute Gasteiger partial charge is 0.337 e. The van der Waals surface area contributed by atoms with Crippen LogP contribution in [0.5, 0.6) is 0 Å². The van der Waals surface area contributed by atoms with Gasteiger partial charge in [-0.1, -0.05) is 30.3 Å². The number of aromatic carboxylic acids is 1. The van der Waals surface area contributed by atoms with Crippen molar-refractivity contribution < 1.29 is 14.7 Å². The van der Waals surface area contributed by atoms with E-state index in [0.717, 1.165) is 10.8 Å². The molecule has 5 nitrogen and oxygen atoms in total. The zero-order valence-electron chi connectivity index (χ0n) is 11.5. The van der Waals surface area contributed by atoms with Crippen LogP contribution in [-0.4, -0.2) is 22.0 Å². The van der Waals surface area contributed by atoms with Gasteiger partial charge in [0.05, 0.1) is 11.3 Å². The van der Waals surface area contributed by atoms with E-state index in [-0.39, 0.29) is 16.9 Å². The molecule has 0 aliphatic carbocycles. The van der Waals surface area contributed by atoms with E-state index in [1.807, 2.05) is 24.3 Å². The van der Waals surface area contributed by atoms with Crippen LogP contribution in [0.3, 0.4) is 0 Å². The highest BCUT2D eigenvalue weighted by atomic mass is 16.4. The number of benzene rings is 2. The van der Waals surface area contributed by atoms with Gasteiger partial charge in [0.2, 0.25) is 0 Å². The molecule has 3 rings (SSSR count). The van der Waals surface area contributed by atoms with Crippen LogP contribution in [0.2, 0.25) is 0 Å². The van der Waals surface area contributed by atoms with Crippen LogP contribution in [0.25, 0.3) is 10.8 Å². The standard InChI is InChI=1S/C17H12N2O3/c20-16(14-7-3-4-8-18-14)19-15-10-12-6-2-1-5-11(12)9-13(15)17(21)22/h1-10H,(H,19,20)(H,21,22). The number of hydrogen-bond donors (Lipinski definition) is 2. The quantitative estimate of drug-likeness (QED) is 0.777. The number of carboxylic acid groups (broad SMARTS) is 1. The molecule has 1 aromatic heterocycles. The zero-order chi connectivity index (χ0) is 15.5. The number of fused-ring (bicyclic) bond motifs is 1. The molecule has 0 aliphatic heterocycles. The first kappa shape index (κ1) is 13.8. The maximum Gasteiger partial charge on any atom is 0.337 e. The minimum Gasteiger partial charge on any atom is -0.478 e. The SMILES string of the molecule is O=C(Nc1cc2ccccc2cc1C(=O)O)c1ccccn1. The molecule has 2 N–H and O–H groups in total. The maximum atomic E-state index is 12.2. The Morgan fingerprint density at radius 1 is 0.955 bits per heavy atom. The first-order valence-corrected chi connectivity index (χ1v) is 6.63. The summed E-state index contributed by atoms with van der Waals surface area (Å²) in [5.41, 5.74) is 0.525. The molecule has 1 amide bonds. The Kier molecular flexibility index (Phi) is 3.53. The Bertz CT molecular complexity index is 860. The Labute approximate surface area is 126 Å². The van der Waals surface area contributed by atoms with Crippen molar-refractivity contribution in [1.29, 1.82) is 0 Å². The summed E-state index contributed by atoms with van der Waals surface area (Å²) in [5.74, 6) is -1.54. The Morgan fingerprint density at radius 3 is 2.27 bits per heavy atom. The zero-order valence-corrected chi connectivity index (χ0v) is 11.5. The van der Waals surface area contributed by atoms with E-state index in [9.17, 15) is 14.7 Å². The van der Waals surface area contributed by atoms with E-state index < -0.39 is 11.9 Å². The molecule has 0 atom stereocenters. The van der Waals surface area contributed by atoms with E-state index in [1.165, 1.54) is 6.20 Å². The van der Waals surface area contributed by atoms with Gasteiger partial charge >= 0.3 is 5.97 Å². The molecule has 108 valence electrons. The molecule has 0 saturated carbocycles. The Morgan fingerprint density at radius 2 is 1.64 bits per heavy atom. The van der Waals surface area contributed by atoms with Gasteiger partial charge in [0.15, 0.2) is 0 Å². The predicted molar refractivity (Wildman–Crippen MR) is 83.1 cm³/mol. The van der Waals surface area contributed by atoms with Crippen molar-refractivity contribution >= 4 is 28.3 Å².